The summed E-state index contributed by atoms with van der Waals surface area (Å²) in [7, 11) is 2.01. The quantitative estimate of drug-likeness (QED) is 0.527. The van der Waals surface area contributed by atoms with Crippen molar-refractivity contribution in [3.63, 3.8) is 0 Å². The van der Waals surface area contributed by atoms with Gasteiger partial charge in [0.2, 0.25) is 0 Å². The van der Waals surface area contributed by atoms with Gasteiger partial charge in [-0.3, -0.25) is 4.79 Å². The normalized spacial score (nSPS) is 11.3. The maximum Gasteiger partial charge on any atom is 0.200 e. The van der Waals surface area contributed by atoms with Gasteiger partial charge >= 0.3 is 0 Å². The number of aromatic nitrogens is 1. The van der Waals surface area contributed by atoms with E-state index in [1.807, 2.05) is 49.6 Å². The summed E-state index contributed by atoms with van der Waals surface area (Å²) in [5.41, 5.74) is 3.25. The standard InChI is InChI=1S/C18H13NO2/c1-19-9-8-13-10-12(6-7-16(13)19)15-11-21-17-5-3-2-4-14(17)18(15)20/h2-11H,1H3. The molecule has 0 saturated heterocycles. The van der Waals surface area contributed by atoms with E-state index in [0.717, 1.165) is 16.5 Å². The van der Waals surface area contributed by atoms with E-state index in [2.05, 4.69) is 4.57 Å². The average Bonchev–Trinajstić information content (AvgIpc) is 2.89. The minimum atomic E-state index is 0.00660. The molecule has 102 valence electrons. The molecular weight excluding hydrogens is 262 g/mol. The Morgan fingerprint density at radius 1 is 1.05 bits per heavy atom. The first-order valence-electron chi connectivity index (χ1n) is 6.80. The summed E-state index contributed by atoms with van der Waals surface area (Å²) < 4.78 is 7.65. The summed E-state index contributed by atoms with van der Waals surface area (Å²) in [6, 6.07) is 15.4. The van der Waals surface area contributed by atoms with Crippen LogP contribution in [0.25, 0.3) is 33.0 Å². The molecule has 0 radical (unpaired) electrons. The lowest BCUT2D eigenvalue weighted by molar-refractivity contribution is 0.604. The maximum absolute atomic E-state index is 12.6. The molecule has 3 nitrogen and oxygen atoms in total. The number of rotatable bonds is 1. The van der Waals surface area contributed by atoms with E-state index in [1.165, 1.54) is 0 Å². The van der Waals surface area contributed by atoms with E-state index in [9.17, 15) is 4.79 Å². The summed E-state index contributed by atoms with van der Waals surface area (Å²) in [5, 5.41) is 1.73. The van der Waals surface area contributed by atoms with Crippen LogP contribution in [0.15, 0.2) is 70.2 Å². The van der Waals surface area contributed by atoms with Gasteiger partial charge < -0.3 is 8.98 Å². The van der Waals surface area contributed by atoms with Gasteiger partial charge in [0.15, 0.2) is 5.43 Å². The Morgan fingerprint density at radius 2 is 1.90 bits per heavy atom. The number of hydrogen-bond donors (Lipinski definition) is 0. The first-order chi connectivity index (χ1) is 10.2. The smallest absolute Gasteiger partial charge is 0.200 e. The highest BCUT2D eigenvalue weighted by molar-refractivity contribution is 5.87. The molecule has 2 aromatic heterocycles. The van der Waals surface area contributed by atoms with Gasteiger partial charge in [0, 0.05) is 24.1 Å². The molecule has 0 amide bonds. The van der Waals surface area contributed by atoms with Gasteiger partial charge in [-0.05, 0) is 35.9 Å². The third-order valence-electron chi connectivity index (χ3n) is 3.88. The maximum atomic E-state index is 12.6. The molecule has 0 aliphatic carbocycles. The Hall–Kier alpha value is -2.81. The molecule has 4 aromatic rings. The minimum absolute atomic E-state index is 0.00660. The first kappa shape index (κ1) is 12.0. The van der Waals surface area contributed by atoms with Gasteiger partial charge in [0.05, 0.1) is 10.9 Å². The van der Waals surface area contributed by atoms with Gasteiger partial charge in [0.1, 0.15) is 11.8 Å². The van der Waals surface area contributed by atoms with Crippen LogP contribution >= 0.6 is 0 Å². The number of fused-ring (bicyclic) bond motifs is 2. The van der Waals surface area contributed by atoms with Gasteiger partial charge in [-0.15, -0.1) is 0 Å². The fraction of sp³-hybridized carbons (Fsp3) is 0.0556. The van der Waals surface area contributed by atoms with Crippen molar-refractivity contribution in [1.29, 1.82) is 0 Å². The molecule has 0 saturated carbocycles. The Balaban J connectivity index is 1.99. The molecule has 0 bridgehead atoms. The number of hydrogen-bond acceptors (Lipinski definition) is 2. The SMILES string of the molecule is Cn1ccc2cc(-c3coc4ccccc4c3=O)ccc21. The van der Waals surface area contributed by atoms with Crippen LogP contribution in [0.5, 0.6) is 0 Å². The van der Waals surface area contributed by atoms with Crippen LogP contribution < -0.4 is 5.43 Å². The highest BCUT2D eigenvalue weighted by Gasteiger charge is 2.09. The zero-order valence-corrected chi connectivity index (χ0v) is 11.5. The zero-order chi connectivity index (χ0) is 14.4. The van der Waals surface area contributed by atoms with Crippen LogP contribution in [0.4, 0.5) is 0 Å². The van der Waals surface area contributed by atoms with E-state index >= 15 is 0 Å². The Morgan fingerprint density at radius 3 is 2.81 bits per heavy atom. The lowest BCUT2D eigenvalue weighted by Crippen LogP contribution is -2.04. The molecule has 0 aliphatic heterocycles. The van der Waals surface area contributed by atoms with E-state index in [0.29, 0.717) is 16.5 Å². The molecular formula is C18H13NO2. The van der Waals surface area contributed by atoms with E-state index in [-0.39, 0.29) is 5.43 Å². The molecule has 0 aliphatic rings. The predicted molar refractivity (Wildman–Crippen MR) is 84.4 cm³/mol. The summed E-state index contributed by atoms with van der Waals surface area (Å²) in [5.74, 6) is 0. The Labute approximate surface area is 121 Å². The number of nitrogens with zero attached hydrogens (tertiary/aromatic N) is 1. The molecule has 21 heavy (non-hydrogen) atoms. The fourth-order valence-corrected chi connectivity index (χ4v) is 2.73. The van der Waals surface area contributed by atoms with Crippen molar-refractivity contribution in [2.45, 2.75) is 0 Å². The van der Waals surface area contributed by atoms with Crippen LogP contribution in [0.1, 0.15) is 0 Å². The molecule has 2 heterocycles. The molecule has 0 atom stereocenters. The third kappa shape index (κ3) is 1.78. The van der Waals surface area contributed by atoms with Gasteiger partial charge in [0.25, 0.3) is 0 Å². The molecule has 4 rings (SSSR count). The average molecular weight is 275 g/mol. The van der Waals surface area contributed by atoms with Crippen LogP contribution in [0.3, 0.4) is 0 Å². The fourth-order valence-electron chi connectivity index (χ4n) is 2.73. The van der Waals surface area contributed by atoms with Crippen LogP contribution in [0, 0.1) is 0 Å². The van der Waals surface area contributed by atoms with Gasteiger partial charge in [-0.25, -0.2) is 0 Å². The largest absolute Gasteiger partial charge is 0.463 e. The van der Waals surface area contributed by atoms with Crippen molar-refractivity contribution in [3.05, 3.63) is 71.2 Å². The number of aryl methyl sites for hydroxylation is 1. The van der Waals surface area contributed by atoms with Crippen molar-refractivity contribution >= 4 is 21.9 Å². The van der Waals surface area contributed by atoms with Gasteiger partial charge in [-0.1, -0.05) is 18.2 Å². The highest BCUT2D eigenvalue weighted by Crippen LogP contribution is 2.24. The number of benzene rings is 2. The summed E-state index contributed by atoms with van der Waals surface area (Å²) >= 11 is 0. The Bertz CT molecular complexity index is 1020. The second-order valence-electron chi connectivity index (χ2n) is 5.17. The second-order valence-corrected chi connectivity index (χ2v) is 5.17. The third-order valence-corrected chi connectivity index (χ3v) is 3.88. The molecule has 0 spiro atoms. The minimum Gasteiger partial charge on any atom is -0.463 e. The van der Waals surface area contributed by atoms with Crippen molar-refractivity contribution in [1.82, 2.24) is 4.57 Å². The summed E-state index contributed by atoms with van der Waals surface area (Å²) in [6.45, 7) is 0. The molecule has 0 N–H and O–H groups in total. The van der Waals surface area contributed by atoms with Crippen LogP contribution in [0.2, 0.25) is 0 Å². The van der Waals surface area contributed by atoms with E-state index in [4.69, 9.17) is 4.42 Å². The van der Waals surface area contributed by atoms with Crippen molar-refractivity contribution in [2.75, 3.05) is 0 Å². The highest BCUT2D eigenvalue weighted by atomic mass is 16.3. The number of para-hydroxylation sites is 1. The first-order valence-corrected chi connectivity index (χ1v) is 6.80. The monoisotopic (exact) mass is 275 g/mol. The van der Waals surface area contributed by atoms with Crippen LogP contribution in [-0.4, -0.2) is 4.57 Å². The summed E-state index contributed by atoms with van der Waals surface area (Å²) in [4.78, 5) is 12.6. The summed E-state index contributed by atoms with van der Waals surface area (Å²) in [6.07, 6.45) is 3.56. The van der Waals surface area contributed by atoms with Crippen molar-refractivity contribution in [2.24, 2.45) is 7.05 Å². The Kier molecular flexibility index (Phi) is 2.48. The lowest BCUT2D eigenvalue weighted by atomic mass is 10.0. The van der Waals surface area contributed by atoms with Gasteiger partial charge in [-0.2, -0.15) is 0 Å². The molecule has 0 unspecified atom stereocenters. The van der Waals surface area contributed by atoms with Crippen molar-refractivity contribution in [3.8, 4) is 11.1 Å². The second kappa shape index (κ2) is 4.35. The molecule has 3 heteroatoms. The predicted octanol–water partition coefficient (Wildman–Crippen LogP) is 3.95. The lowest BCUT2D eigenvalue weighted by Gasteiger charge is -2.04. The van der Waals surface area contributed by atoms with E-state index < -0.39 is 0 Å². The van der Waals surface area contributed by atoms with Crippen LogP contribution in [-0.2, 0) is 7.05 Å². The topological polar surface area (TPSA) is 35.1 Å². The van der Waals surface area contributed by atoms with Crippen molar-refractivity contribution < 1.29 is 4.42 Å². The van der Waals surface area contributed by atoms with E-state index in [1.54, 1.807) is 18.4 Å². The molecule has 2 aromatic carbocycles. The zero-order valence-electron chi connectivity index (χ0n) is 11.5. The molecule has 0 fully saturated rings.